The van der Waals surface area contributed by atoms with Crippen LogP contribution in [0.3, 0.4) is 0 Å². The van der Waals surface area contributed by atoms with Gasteiger partial charge in [0.2, 0.25) is 5.91 Å². The Morgan fingerprint density at radius 2 is 2.17 bits per heavy atom. The highest BCUT2D eigenvalue weighted by molar-refractivity contribution is 6.33. The van der Waals surface area contributed by atoms with Gasteiger partial charge in [0.05, 0.1) is 17.3 Å². The van der Waals surface area contributed by atoms with E-state index in [0.29, 0.717) is 28.9 Å². The Bertz CT molecular complexity index is 421. The first-order valence-corrected chi connectivity index (χ1v) is 6.29. The maximum absolute atomic E-state index is 11.8. The summed E-state index contributed by atoms with van der Waals surface area (Å²) in [5, 5.41) is 3.29. The molecule has 0 atom stereocenters. The van der Waals surface area contributed by atoms with E-state index < -0.39 is 0 Å². The Hall–Kier alpha value is -1.26. The fourth-order valence-corrected chi connectivity index (χ4v) is 1.87. The number of likely N-dealkylation sites (N-methyl/N-ethyl adjacent to an activating group) is 1. The van der Waals surface area contributed by atoms with E-state index in [1.165, 1.54) is 0 Å². The van der Waals surface area contributed by atoms with E-state index in [4.69, 9.17) is 17.3 Å². The number of carbonyl (C=O) groups is 1. The van der Waals surface area contributed by atoms with Crippen molar-refractivity contribution in [2.75, 3.05) is 31.2 Å². The van der Waals surface area contributed by atoms with Crippen molar-refractivity contribution in [3.8, 4) is 0 Å². The summed E-state index contributed by atoms with van der Waals surface area (Å²) in [6.45, 7) is 5.49. The van der Waals surface area contributed by atoms with E-state index in [-0.39, 0.29) is 5.91 Å². The molecule has 0 heterocycles. The van der Waals surface area contributed by atoms with Gasteiger partial charge in [0.15, 0.2) is 0 Å². The number of nitrogen functional groups attached to an aromatic ring is 1. The second-order valence-electron chi connectivity index (χ2n) is 4.88. The third-order valence-corrected chi connectivity index (χ3v) is 2.71. The number of nitrogens with one attached hydrogen (secondary N) is 1. The van der Waals surface area contributed by atoms with Crippen LogP contribution in [-0.2, 0) is 4.79 Å². The van der Waals surface area contributed by atoms with Crippen LogP contribution in [0.2, 0.25) is 5.02 Å². The standard InChI is InChI=1S/C13H20ClN3O/c1-9(2)7-17(3)8-13(18)16-10-4-5-11(14)12(15)6-10/h4-6,9H,7-8,15H2,1-3H3,(H,16,18). The SMILES string of the molecule is CC(C)CN(C)CC(=O)Nc1ccc(Cl)c(N)c1. The Morgan fingerprint density at radius 1 is 1.50 bits per heavy atom. The fourth-order valence-electron chi connectivity index (χ4n) is 1.76. The first-order valence-electron chi connectivity index (χ1n) is 5.92. The summed E-state index contributed by atoms with van der Waals surface area (Å²) < 4.78 is 0. The molecule has 5 heteroatoms. The van der Waals surface area contributed by atoms with Crippen molar-refractivity contribution in [1.29, 1.82) is 0 Å². The fraction of sp³-hybridized carbons (Fsp3) is 0.462. The molecule has 0 fully saturated rings. The van der Waals surface area contributed by atoms with Crippen LogP contribution in [0.5, 0.6) is 0 Å². The lowest BCUT2D eigenvalue weighted by Crippen LogP contribution is -2.32. The molecule has 1 aromatic carbocycles. The topological polar surface area (TPSA) is 58.4 Å². The van der Waals surface area contributed by atoms with Crippen molar-refractivity contribution in [2.45, 2.75) is 13.8 Å². The van der Waals surface area contributed by atoms with Gasteiger partial charge in [-0.25, -0.2) is 0 Å². The average molecular weight is 270 g/mol. The first kappa shape index (κ1) is 14.8. The van der Waals surface area contributed by atoms with E-state index in [1.54, 1.807) is 18.2 Å². The molecule has 0 aliphatic carbocycles. The van der Waals surface area contributed by atoms with Crippen molar-refractivity contribution >= 4 is 28.9 Å². The third-order valence-electron chi connectivity index (χ3n) is 2.37. The highest BCUT2D eigenvalue weighted by Gasteiger charge is 2.08. The molecule has 4 nitrogen and oxygen atoms in total. The maximum atomic E-state index is 11.8. The van der Waals surface area contributed by atoms with Gasteiger partial charge in [-0.1, -0.05) is 25.4 Å². The van der Waals surface area contributed by atoms with Gasteiger partial charge in [0, 0.05) is 12.2 Å². The predicted octanol–water partition coefficient (Wildman–Crippen LogP) is 2.45. The molecule has 1 amide bonds. The van der Waals surface area contributed by atoms with Gasteiger partial charge in [-0.3, -0.25) is 9.69 Å². The minimum Gasteiger partial charge on any atom is -0.397 e. The number of rotatable bonds is 5. The van der Waals surface area contributed by atoms with Gasteiger partial charge in [0.25, 0.3) is 0 Å². The van der Waals surface area contributed by atoms with Crippen molar-refractivity contribution in [1.82, 2.24) is 4.90 Å². The average Bonchev–Trinajstić information content (AvgIpc) is 2.21. The molecule has 0 spiro atoms. The number of amides is 1. The molecule has 18 heavy (non-hydrogen) atoms. The van der Waals surface area contributed by atoms with Crippen LogP contribution in [0.1, 0.15) is 13.8 Å². The van der Waals surface area contributed by atoms with Crippen molar-refractivity contribution in [2.24, 2.45) is 5.92 Å². The van der Waals surface area contributed by atoms with Crippen LogP contribution in [0.15, 0.2) is 18.2 Å². The highest BCUT2D eigenvalue weighted by atomic mass is 35.5. The van der Waals surface area contributed by atoms with E-state index in [2.05, 4.69) is 19.2 Å². The zero-order valence-corrected chi connectivity index (χ0v) is 11.8. The van der Waals surface area contributed by atoms with Crippen LogP contribution < -0.4 is 11.1 Å². The zero-order valence-electron chi connectivity index (χ0n) is 11.0. The zero-order chi connectivity index (χ0) is 13.7. The number of anilines is 2. The van der Waals surface area contributed by atoms with Gasteiger partial charge in [-0.15, -0.1) is 0 Å². The van der Waals surface area contributed by atoms with E-state index in [9.17, 15) is 4.79 Å². The molecular formula is C13H20ClN3O. The molecule has 100 valence electrons. The molecule has 0 unspecified atom stereocenters. The normalized spacial score (nSPS) is 11.0. The number of nitrogens with two attached hydrogens (primary N) is 1. The van der Waals surface area contributed by atoms with E-state index >= 15 is 0 Å². The molecule has 0 aromatic heterocycles. The highest BCUT2D eigenvalue weighted by Crippen LogP contribution is 2.22. The summed E-state index contributed by atoms with van der Waals surface area (Å²) in [6.07, 6.45) is 0. The first-order chi connectivity index (χ1) is 8.38. The molecule has 1 rings (SSSR count). The second kappa shape index (κ2) is 6.61. The van der Waals surface area contributed by atoms with Crippen LogP contribution in [-0.4, -0.2) is 30.9 Å². The molecule has 0 radical (unpaired) electrons. The van der Waals surface area contributed by atoms with Gasteiger partial charge in [-0.2, -0.15) is 0 Å². The summed E-state index contributed by atoms with van der Waals surface area (Å²) in [6, 6.07) is 5.06. The van der Waals surface area contributed by atoms with Crippen LogP contribution in [0.25, 0.3) is 0 Å². The molecule has 3 N–H and O–H groups in total. The summed E-state index contributed by atoms with van der Waals surface area (Å²) in [5.41, 5.74) is 6.80. The number of halogens is 1. The van der Waals surface area contributed by atoms with Crippen LogP contribution in [0, 0.1) is 5.92 Å². The summed E-state index contributed by atoms with van der Waals surface area (Å²) in [4.78, 5) is 13.8. The van der Waals surface area contributed by atoms with Crippen molar-refractivity contribution in [3.05, 3.63) is 23.2 Å². The number of hydrogen-bond acceptors (Lipinski definition) is 3. The molecule has 0 aliphatic rings. The Labute approximate surface area is 113 Å². The van der Waals surface area contributed by atoms with Gasteiger partial charge in [-0.05, 0) is 31.2 Å². The Morgan fingerprint density at radius 3 is 2.72 bits per heavy atom. The monoisotopic (exact) mass is 269 g/mol. The summed E-state index contributed by atoms with van der Waals surface area (Å²) in [7, 11) is 1.93. The molecule has 0 aliphatic heterocycles. The van der Waals surface area contributed by atoms with Gasteiger partial charge in [0.1, 0.15) is 0 Å². The Kier molecular flexibility index (Phi) is 5.44. The molecule has 0 saturated heterocycles. The molecule has 1 aromatic rings. The lowest BCUT2D eigenvalue weighted by molar-refractivity contribution is -0.117. The van der Waals surface area contributed by atoms with Crippen molar-refractivity contribution < 1.29 is 4.79 Å². The number of benzene rings is 1. The maximum Gasteiger partial charge on any atom is 0.238 e. The summed E-state index contributed by atoms with van der Waals surface area (Å²) in [5.74, 6) is 0.480. The van der Waals surface area contributed by atoms with E-state index in [0.717, 1.165) is 6.54 Å². The predicted molar refractivity (Wildman–Crippen MR) is 76.8 cm³/mol. The quantitative estimate of drug-likeness (QED) is 0.808. The van der Waals surface area contributed by atoms with Crippen LogP contribution in [0.4, 0.5) is 11.4 Å². The number of hydrogen-bond donors (Lipinski definition) is 2. The van der Waals surface area contributed by atoms with Gasteiger partial charge >= 0.3 is 0 Å². The van der Waals surface area contributed by atoms with Gasteiger partial charge < -0.3 is 11.1 Å². The van der Waals surface area contributed by atoms with E-state index in [1.807, 2.05) is 11.9 Å². The lowest BCUT2D eigenvalue weighted by Gasteiger charge is -2.18. The third kappa shape index (κ3) is 4.94. The lowest BCUT2D eigenvalue weighted by atomic mass is 10.2. The minimum atomic E-state index is -0.0557. The largest absolute Gasteiger partial charge is 0.397 e. The van der Waals surface area contributed by atoms with Crippen molar-refractivity contribution in [3.63, 3.8) is 0 Å². The smallest absolute Gasteiger partial charge is 0.238 e. The number of carbonyl (C=O) groups excluding carboxylic acids is 1. The van der Waals surface area contributed by atoms with Crippen LogP contribution >= 0.6 is 11.6 Å². The molecule has 0 bridgehead atoms. The second-order valence-corrected chi connectivity index (χ2v) is 5.28. The molecule has 0 saturated carbocycles. The molecular weight excluding hydrogens is 250 g/mol. The summed E-state index contributed by atoms with van der Waals surface area (Å²) >= 11 is 5.81. The number of nitrogens with zero attached hydrogens (tertiary/aromatic N) is 1. The Balaban J connectivity index is 2.51. The minimum absolute atomic E-state index is 0.0557.